The van der Waals surface area contributed by atoms with Crippen molar-refractivity contribution in [2.45, 2.75) is 20.4 Å². The van der Waals surface area contributed by atoms with Gasteiger partial charge >= 0.3 is 5.97 Å². The van der Waals surface area contributed by atoms with E-state index in [-0.39, 0.29) is 12.5 Å². The maximum absolute atomic E-state index is 12.5. The van der Waals surface area contributed by atoms with Crippen LogP contribution in [0, 0.1) is 13.8 Å². The van der Waals surface area contributed by atoms with Gasteiger partial charge < -0.3 is 18.6 Å². The molecule has 1 aromatic carbocycles. The number of furan rings is 1. The van der Waals surface area contributed by atoms with Crippen LogP contribution < -0.4 is 4.90 Å². The molecule has 0 aliphatic carbocycles. The molecule has 1 amide bonds. The summed E-state index contributed by atoms with van der Waals surface area (Å²) in [5.74, 6) is -0.000990. The van der Waals surface area contributed by atoms with Crippen molar-refractivity contribution in [3.63, 3.8) is 0 Å². The number of carbonyl (C=O) groups is 2. The summed E-state index contributed by atoms with van der Waals surface area (Å²) in [7, 11) is 1.65. The number of benzene rings is 1. The Kier molecular flexibility index (Phi) is 5.45. The lowest BCUT2D eigenvalue weighted by atomic mass is 10.2. The summed E-state index contributed by atoms with van der Waals surface area (Å²) in [5.41, 5.74) is 2.89. The third-order valence-corrected chi connectivity index (χ3v) is 4.53. The van der Waals surface area contributed by atoms with Gasteiger partial charge in [0.25, 0.3) is 5.91 Å². The molecule has 2 heterocycles. The average Bonchev–Trinajstić information content (AvgIpc) is 3.29. The van der Waals surface area contributed by atoms with Gasteiger partial charge in [-0.2, -0.15) is 0 Å². The van der Waals surface area contributed by atoms with E-state index in [9.17, 15) is 9.59 Å². The van der Waals surface area contributed by atoms with Crippen molar-refractivity contribution in [3.05, 3.63) is 77.5 Å². The number of hydrogen-bond donors (Lipinski definition) is 0. The monoisotopic (exact) mass is 366 g/mol. The number of amides is 1. The first kappa shape index (κ1) is 18.5. The highest BCUT2D eigenvalue weighted by Crippen LogP contribution is 2.19. The molecular weight excluding hydrogens is 344 g/mol. The molecule has 27 heavy (non-hydrogen) atoms. The Balaban J connectivity index is 1.65. The highest BCUT2D eigenvalue weighted by atomic mass is 16.5. The molecule has 6 heteroatoms. The maximum atomic E-state index is 12.5. The number of nitrogens with zero attached hydrogens (tertiary/aromatic N) is 2. The van der Waals surface area contributed by atoms with E-state index in [0.29, 0.717) is 12.1 Å². The number of anilines is 1. The van der Waals surface area contributed by atoms with Crippen molar-refractivity contribution in [1.82, 2.24) is 4.57 Å². The van der Waals surface area contributed by atoms with Gasteiger partial charge in [-0.05, 0) is 44.2 Å². The largest absolute Gasteiger partial charge is 0.467 e. The summed E-state index contributed by atoms with van der Waals surface area (Å²) < 4.78 is 12.6. The number of para-hydroxylation sites is 1. The molecule has 0 saturated heterocycles. The molecular formula is C21H22N2O4. The van der Waals surface area contributed by atoms with E-state index in [1.165, 1.54) is 4.90 Å². The lowest BCUT2D eigenvalue weighted by Gasteiger charge is -2.17. The van der Waals surface area contributed by atoms with Crippen LogP contribution in [0.1, 0.15) is 27.5 Å². The number of ether oxygens (including phenoxy) is 1. The molecule has 0 radical (unpaired) electrons. The fourth-order valence-electron chi connectivity index (χ4n) is 2.91. The number of aryl methyl sites for hydroxylation is 1. The normalized spacial score (nSPS) is 10.6. The van der Waals surface area contributed by atoms with Crippen molar-refractivity contribution in [2.75, 3.05) is 18.6 Å². The highest BCUT2D eigenvalue weighted by molar-refractivity contribution is 5.97. The van der Waals surface area contributed by atoms with Crippen LogP contribution in [0.4, 0.5) is 5.69 Å². The Morgan fingerprint density at radius 3 is 2.52 bits per heavy atom. The number of esters is 1. The number of carbonyl (C=O) groups excluding carboxylic acids is 2. The minimum atomic E-state index is -0.511. The van der Waals surface area contributed by atoms with E-state index in [0.717, 1.165) is 22.8 Å². The molecule has 3 aromatic rings. The smallest absolute Gasteiger partial charge is 0.340 e. The molecule has 0 spiro atoms. The Morgan fingerprint density at radius 2 is 1.85 bits per heavy atom. The SMILES string of the molecule is Cc1cc(C(=O)OCC(=O)N(C)c2ccccc2)c(C)n1Cc1ccco1. The minimum Gasteiger partial charge on any atom is -0.467 e. The van der Waals surface area contributed by atoms with Crippen LogP contribution in [-0.2, 0) is 16.1 Å². The molecule has 0 bridgehead atoms. The van der Waals surface area contributed by atoms with E-state index in [2.05, 4.69) is 0 Å². The van der Waals surface area contributed by atoms with Gasteiger partial charge in [0.05, 0.1) is 18.4 Å². The van der Waals surface area contributed by atoms with E-state index in [4.69, 9.17) is 9.15 Å². The lowest BCUT2D eigenvalue weighted by molar-refractivity contribution is -0.121. The second kappa shape index (κ2) is 7.95. The molecule has 0 unspecified atom stereocenters. The second-order valence-corrected chi connectivity index (χ2v) is 6.31. The Bertz CT molecular complexity index is 927. The van der Waals surface area contributed by atoms with Crippen LogP contribution in [-0.4, -0.2) is 30.1 Å². The fraction of sp³-hybridized carbons (Fsp3) is 0.238. The van der Waals surface area contributed by atoms with Gasteiger partial charge in [-0.15, -0.1) is 0 Å². The zero-order chi connectivity index (χ0) is 19.4. The van der Waals surface area contributed by atoms with Crippen LogP contribution in [0.25, 0.3) is 0 Å². The quantitative estimate of drug-likeness (QED) is 0.626. The maximum Gasteiger partial charge on any atom is 0.340 e. The molecule has 0 aliphatic heterocycles. The van der Waals surface area contributed by atoms with Crippen molar-refractivity contribution in [2.24, 2.45) is 0 Å². The predicted molar refractivity (Wildman–Crippen MR) is 102 cm³/mol. The summed E-state index contributed by atoms with van der Waals surface area (Å²) in [4.78, 5) is 26.2. The summed E-state index contributed by atoms with van der Waals surface area (Å²) in [6.45, 7) is 3.99. The molecule has 0 N–H and O–H groups in total. The Labute approximate surface area is 158 Å². The Morgan fingerprint density at radius 1 is 1.11 bits per heavy atom. The number of likely N-dealkylation sites (N-methyl/N-ethyl adjacent to an activating group) is 1. The van der Waals surface area contributed by atoms with Crippen molar-refractivity contribution in [1.29, 1.82) is 0 Å². The Hall–Kier alpha value is -3.28. The third kappa shape index (κ3) is 4.11. The molecule has 140 valence electrons. The van der Waals surface area contributed by atoms with Gasteiger partial charge in [-0.3, -0.25) is 4.79 Å². The van der Waals surface area contributed by atoms with Gasteiger partial charge in [-0.1, -0.05) is 18.2 Å². The van der Waals surface area contributed by atoms with Gasteiger partial charge in [0, 0.05) is 24.1 Å². The zero-order valence-corrected chi connectivity index (χ0v) is 15.6. The van der Waals surface area contributed by atoms with E-state index in [1.807, 2.05) is 60.9 Å². The molecule has 6 nitrogen and oxygen atoms in total. The molecule has 0 aliphatic rings. The van der Waals surface area contributed by atoms with Crippen molar-refractivity contribution in [3.8, 4) is 0 Å². The molecule has 3 rings (SSSR count). The van der Waals surface area contributed by atoms with E-state index < -0.39 is 5.97 Å². The van der Waals surface area contributed by atoms with Gasteiger partial charge in [0.2, 0.25) is 0 Å². The third-order valence-electron chi connectivity index (χ3n) is 4.53. The fourth-order valence-corrected chi connectivity index (χ4v) is 2.91. The number of rotatable bonds is 6. The van der Waals surface area contributed by atoms with Crippen molar-refractivity contribution >= 4 is 17.6 Å². The van der Waals surface area contributed by atoms with Gasteiger partial charge in [-0.25, -0.2) is 4.79 Å². The zero-order valence-electron chi connectivity index (χ0n) is 15.6. The van der Waals surface area contributed by atoms with Gasteiger partial charge in [0.1, 0.15) is 5.76 Å². The van der Waals surface area contributed by atoms with Crippen LogP contribution in [0.5, 0.6) is 0 Å². The first-order valence-corrected chi connectivity index (χ1v) is 8.65. The molecule has 2 aromatic heterocycles. The van der Waals surface area contributed by atoms with E-state index in [1.54, 1.807) is 19.4 Å². The molecule has 0 fully saturated rings. The van der Waals surface area contributed by atoms with E-state index >= 15 is 0 Å². The van der Waals surface area contributed by atoms with Crippen LogP contribution in [0.15, 0.2) is 59.2 Å². The summed E-state index contributed by atoms with van der Waals surface area (Å²) in [6, 6.07) is 14.7. The van der Waals surface area contributed by atoms with Crippen molar-refractivity contribution < 1.29 is 18.7 Å². The standard InChI is InChI=1S/C21H22N2O4/c1-15-12-19(16(2)23(15)13-18-10-7-11-26-18)21(25)27-14-20(24)22(3)17-8-5-4-6-9-17/h4-12H,13-14H2,1-3H3. The highest BCUT2D eigenvalue weighted by Gasteiger charge is 2.20. The average molecular weight is 366 g/mol. The summed E-state index contributed by atoms with van der Waals surface area (Å²) in [5, 5.41) is 0. The van der Waals surface area contributed by atoms with Crippen LogP contribution in [0.3, 0.4) is 0 Å². The second-order valence-electron chi connectivity index (χ2n) is 6.31. The summed E-state index contributed by atoms with van der Waals surface area (Å²) >= 11 is 0. The number of aromatic nitrogens is 1. The molecule has 0 atom stereocenters. The predicted octanol–water partition coefficient (Wildman–Crippen LogP) is 3.57. The first-order valence-electron chi connectivity index (χ1n) is 8.65. The number of hydrogen-bond acceptors (Lipinski definition) is 4. The topological polar surface area (TPSA) is 64.7 Å². The van der Waals surface area contributed by atoms with Crippen LogP contribution >= 0.6 is 0 Å². The first-order chi connectivity index (χ1) is 13.0. The van der Waals surface area contributed by atoms with Gasteiger partial charge in [0.15, 0.2) is 6.61 Å². The van der Waals surface area contributed by atoms with Crippen LogP contribution in [0.2, 0.25) is 0 Å². The minimum absolute atomic E-state index is 0.293. The summed E-state index contributed by atoms with van der Waals surface area (Å²) in [6.07, 6.45) is 1.62. The lowest BCUT2D eigenvalue weighted by Crippen LogP contribution is -2.31. The molecule has 0 saturated carbocycles.